The Bertz CT molecular complexity index is 430. The van der Waals surface area contributed by atoms with Crippen molar-refractivity contribution in [1.82, 2.24) is 0 Å². The summed E-state index contributed by atoms with van der Waals surface area (Å²) < 4.78 is 11.1. The Morgan fingerprint density at radius 1 is 0.882 bits per heavy atom. The third-order valence-corrected chi connectivity index (χ3v) is 2.84. The smallest absolute Gasteiger partial charge is 0.200 e. The molecule has 0 amide bonds. The Morgan fingerprint density at radius 3 is 1.94 bits per heavy atom. The second kappa shape index (κ2) is 4.57. The van der Waals surface area contributed by atoms with Gasteiger partial charge >= 0.3 is 0 Å². The van der Waals surface area contributed by atoms with Crippen molar-refractivity contribution in [3.63, 3.8) is 0 Å². The second-order valence-corrected chi connectivity index (χ2v) is 3.98. The molecule has 0 aromatic heterocycles. The molecule has 0 radical (unpaired) electrons. The van der Waals surface area contributed by atoms with Crippen LogP contribution in [-0.4, -0.2) is 38.1 Å². The summed E-state index contributed by atoms with van der Waals surface area (Å²) in [7, 11) is 0. The van der Waals surface area contributed by atoms with Gasteiger partial charge in [-0.2, -0.15) is 0 Å². The van der Waals surface area contributed by atoms with Crippen LogP contribution in [-0.2, 0) is 9.47 Å². The van der Waals surface area contributed by atoms with Crippen molar-refractivity contribution in [1.29, 1.82) is 0 Å². The maximum Gasteiger partial charge on any atom is 0.200 e. The normalized spacial score (nSPS) is 18.6. The van der Waals surface area contributed by atoms with Crippen molar-refractivity contribution < 1.29 is 9.47 Å². The van der Waals surface area contributed by atoms with E-state index in [0.29, 0.717) is 13.2 Å². The number of benzene rings is 1. The summed E-state index contributed by atoms with van der Waals surface area (Å²) in [6.07, 6.45) is 0. The number of ether oxygens (including phenoxy) is 2. The molecule has 17 heavy (non-hydrogen) atoms. The molecule has 1 aromatic carbocycles. The summed E-state index contributed by atoms with van der Waals surface area (Å²) in [4.78, 5) is 8.78. The lowest BCUT2D eigenvalue weighted by Crippen LogP contribution is -2.22. The molecule has 1 aromatic rings. The quantitative estimate of drug-likeness (QED) is 0.792. The fourth-order valence-corrected chi connectivity index (χ4v) is 2.09. The van der Waals surface area contributed by atoms with Gasteiger partial charge in [0.15, 0.2) is 0 Å². The van der Waals surface area contributed by atoms with Crippen molar-refractivity contribution in [3.8, 4) is 0 Å². The Kier molecular flexibility index (Phi) is 2.78. The van der Waals surface area contributed by atoms with Crippen molar-refractivity contribution >= 4 is 11.8 Å². The highest BCUT2D eigenvalue weighted by molar-refractivity contribution is 6.06. The van der Waals surface area contributed by atoms with Gasteiger partial charge in [0.25, 0.3) is 0 Å². The fourth-order valence-electron chi connectivity index (χ4n) is 2.09. The molecule has 0 saturated heterocycles. The van der Waals surface area contributed by atoms with Gasteiger partial charge in [-0.3, -0.25) is 9.98 Å². The fraction of sp³-hybridized carbons (Fsp3) is 0.385. The molecule has 0 saturated carbocycles. The lowest BCUT2D eigenvalue weighted by molar-refractivity contribution is 0.317. The third kappa shape index (κ3) is 2.02. The molecule has 0 N–H and O–H groups in total. The van der Waals surface area contributed by atoms with E-state index in [0.717, 1.165) is 30.4 Å². The Morgan fingerprint density at radius 2 is 1.47 bits per heavy atom. The van der Waals surface area contributed by atoms with Crippen LogP contribution >= 0.6 is 0 Å². The zero-order chi connectivity index (χ0) is 11.5. The van der Waals surface area contributed by atoms with E-state index in [1.165, 1.54) is 0 Å². The predicted octanol–water partition coefficient (Wildman–Crippen LogP) is 1.63. The van der Waals surface area contributed by atoms with Crippen LogP contribution in [0.25, 0.3) is 0 Å². The zero-order valence-electron chi connectivity index (χ0n) is 9.50. The first-order chi connectivity index (χ1) is 8.45. The minimum Gasteiger partial charge on any atom is -0.478 e. The van der Waals surface area contributed by atoms with Crippen molar-refractivity contribution in [2.45, 2.75) is 5.92 Å². The lowest BCUT2D eigenvalue weighted by Gasteiger charge is -2.16. The first-order valence-corrected chi connectivity index (χ1v) is 5.84. The van der Waals surface area contributed by atoms with Crippen LogP contribution in [0, 0.1) is 0 Å². The van der Waals surface area contributed by atoms with E-state index in [4.69, 9.17) is 9.47 Å². The molecule has 88 valence electrons. The Labute approximate surface area is 100.0 Å². The van der Waals surface area contributed by atoms with Gasteiger partial charge < -0.3 is 9.47 Å². The first-order valence-electron chi connectivity index (χ1n) is 5.84. The lowest BCUT2D eigenvalue weighted by atomic mass is 9.99. The number of nitrogens with zero attached hydrogens (tertiary/aromatic N) is 2. The van der Waals surface area contributed by atoms with Crippen LogP contribution in [0.15, 0.2) is 40.3 Å². The second-order valence-electron chi connectivity index (χ2n) is 3.98. The zero-order valence-corrected chi connectivity index (χ0v) is 9.50. The molecule has 0 spiro atoms. The molecule has 0 atom stereocenters. The Hall–Kier alpha value is -1.84. The third-order valence-electron chi connectivity index (χ3n) is 2.84. The molecule has 4 heteroatoms. The van der Waals surface area contributed by atoms with Gasteiger partial charge in [-0.15, -0.1) is 0 Å². The maximum atomic E-state index is 5.57. The van der Waals surface area contributed by atoms with Crippen LogP contribution in [0.2, 0.25) is 0 Å². The van der Waals surface area contributed by atoms with E-state index in [1.54, 1.807) is 0 Å². The average Bonchev–Trinajstić information content (AvgIpc) is 3.04. The van der Waals surface area contributed by atoms with Gasteiger partial charge in [0.2, 0.25) is 11.8 Å². The summed E-state index contributed by atoms with van der Waals surface area (Å²) in [6.45, 7) is 2.77. The molecule has 0 aliphatic carbocycles. The maximum absolute atomic E-state index is 5.57. The largest absolute Gasteiger partial charge is 0.478 e. The predicted molar refractivity (Wildman–Crippen MR) is 65.7 cm³/mol. The van der Waals surface area contributed by atoms with E-state index >= 15 is 0 Å². The average molecular weight is 230 g/mol. The van der Waals surface area contributed by atoms with Gasteiger partial charge in [-0.05, 0) is 5.56 Å². The highest BCUT2D eigenvalue weighted by Gasteiger charge is 2.30. The van der Waals surface area contributed by atoms with Gasteiger partial charge in [0, 0.05) is 0 Å². The number of hydrogen-bond acceptors (Lipinski definition) is 4. The molecule has 3 rings (SSSR count). The van der Waals surface area contributed by atoms with E-state index in [9.17, 15) is 0 Å². The summed E-state index contributed by atoms with van der Waals surface area (Å²) >= 11 is 0. The first kappa shape index (κ1) is 10.3. The molecule has 4 nitrogen and oxygen atoms in total. The topological polar surface area (TPSA) is 43.2 Å². The highest BCUT2D eigenvalue weighted by Crippen LogP contribution is 2.24. The molecular weight excluding hydrogens is 216 g/mol. The van der Waals surface area contributed by atoms with E-state index < -0.39 is 0 Å². The van der Waals surface area contributed by atoms with E-state index in [-0.39, 0.29) is 5.92 Å². The van der Waals surface area contributed by atoms with Gasteiger partial charge in [0.1, 0.15) is 19.1 Å². The molecule has 2 heterocycles. The molecule has 2 aliphatic heterocycles. The molecule has 0 fully saturated rings. The summed E-state index contributed by atoms with van der Waals surface area (Å²) in [5.74, 6) is 1.40. The van der Waals surface area contributed by atoms with Crippen LogP contribution in [0.5, 0.6) is 0 Å². The van der Waals surface area contributed by atoms with Gasteiger partial charge in [-0.1, -0.05) is 30.3 Å². The minimum absolute atomic E-state index is 0.0683. The van der Waals surface area contributed by atoms with Crippen molar-refractivity contribution in [2.75, 3.05) is 26.3 Å². The van der Waals surface area contributed by atoms with Crippen molar-refractivity contribution in [2.24, 2.45) is 9.98 Å². The summed E-state index contributed by atoms with van der Waals surface area (Å²) in [5.41, 5.74) is 1.12. The van der Waals surface area contributed by atoms with E-state index in [1.807, 2.05) is 18.2 Å². The van der Waals surface area contributed by atoms with Gasteiger partial charge in [-0.25, -0.2) is 0 Å². The van der Waals surface area contributed by atoms with Crippen LogP contribution < -0.4 is 0 Å². The van der Waals surface area contributed by atoms with E-state index in [2.05, 4.69) is 22.1 Å². The van der Waals surface area contributed by atoms with Crippen LogP contribution in [0.1, 0.15) is 11.5 Å². The molecule has 0 unspecified atom stereocenters. The SMILES string of the molecule is c1ccc(C(C2=NCCO2)C2=NCCO2)cc1. The number of aliphatic imine (C=N–C) groups is 2. The van der Waals surface area contributed by atoms with Crippen LogP contribution in [0.3, 0.4) is 0 Å². The minimum atomic E-state index is -0.0683. The molecule has 2 aliphatic rings. The standard InChI is InChI=1S/C13H14N2O2/c1-2-4-10(5-3-1)11(12-14-6-8-16-12)13-15-7-9-17-13/h1-5,11H,6-9H2. The number of hydrogen-bond donors (Lipinski definition) is 0. The summed E-state index contributed by atoms with van der Waals surface area (Å²) in [5, 5.41) is 0. The van der Waals surface area contributed by atoms with Crippen LogP contribution in [0.4, 0.5) is 0 Å². The number of rotatable bonds is 3. The highest BCUT2D eigenvalue weighted by atomic mass is 16.5. The Balaban J connectivity index is 1.96. The molecule has 0 bridgehead atoms. The van der Waals surface area contributed by atoms with Crippen molar-refractivity contribution in [3.05, 3.63) is 35.9 Å². The van der Waals surface area contributed by atoms with Gasteiger partial charge in [0.05, 0.1) is 13.1 Å². The summed E-state index contributed by atoms with van der Waals surface area (Å²) in [6, 6.07) is 10.1. The monoisotopic (exact) mass is 230 g/mol. The molecular formula is C13H14N2O2.